The molecule has 1 aliphatic heterocycles. The van der Waals surface area contributed by atoms with Crippen molar-refractivity contribution in [3.63, 3.8) is 0 Å². The number of non-ortho nitro benzene ring substituents is 1. The fourth-order valence-corrected chi connectivity index (χ4v) is 3.65. The lowest BCUT2D eigenvalue weighted by Crippen LogP contribution is -2.48. The number of piperazine rings is 1. The number of halogens is 2. The minimum absolute atomic E-state index is 0.0229. The van der Waals surface area contributed by atoms with Crippen molar-refractivity contribution in [2.75, 3.05) is 31.1 Å². The second kappa shape index (κ2) is 8.13. The van der Waals surface area contributed by atoms with Gasteiger partial charge in [0.05, 0.1) is 10.5 Å². The van der Waals surface area contributed by atoms with Crippen molar-refractivity contribution >= 4 is 17.3 Å². The Morgan fingerprint density at radius 2 is 1.74 bits per heavy atom. The SMILES string of the molecule is Cn1cc(C(=O)N2CCN(c3ccc([N+](=O)[O-])cc3)CC2)c(-c2ccc(F)cc2F)n1. The van der Waals surface area contributed by atoms with E-state index in [2.05, 4.69) is 5.10 Å². The van der Waals surface area contributed by atoms with Crippen molar-refractivity contribution in [3.8, 4) is 11.3 Å². The third-order valence-electron chi connectivity index (χ3n) is 5.24. The van der Waals surface area contributed by atoms with E-state index < -0.39 is 16.6 Å². The first-order chi connectivity index (χ1) is 14.8. The van der Waals surface area contributed by atoms with E-state index in [9.17, 15) is 23.7 Å². The molecule has 0 aliphatic carbocycles. The standard InChI is InChI=1S/C21H19F2N5O3/c1-25-13-18(20(24-25)17-7-2-14(22)12-19(17)23)21(29)27-10-8-26(9-11-27)15-3-5-16(6-4-15)28(30)31/h2-7,12-13H,8-11H2,1H3. The van der Waals surface area contributed by atoms with Gasteiger partial charge in [0.1, 0.15) is 17.3 Å². The number of carbonyl (C=O) groups excluding carboxylic acids is 1. The number of rotatable bonds is 4. The van der Waals surface area contributed by atoms with Crippen LogP contribution >= 0.6 is 0 Å². The van der Waals surface area contributed by atoms with Crippen LogP contribution in [0.1, 0.15) is 10.4 Å². The zero-order valence-corrected chi connectivity index (χ0v) is 16.7. The van der Waals surface area contributed by atoms with Gasteiger partial charge in [0.15, 0.2) is 0 Å². The molecular weight excluding hydrogens is 408 g/mol. The highest BCUT2D eigenvalue weighted by atomic mass is 19.1. The predicted molar refractivity (Wildman–Crippen MR) is 110 cm³/mol. The molecule has 0 saturated carbocycles. The molecule has 0 atom stereocenters. The van der Waals surface area contributed by atoms with Crippen LogP contribution in [0.25, 0.3) is 11.3 Å². The van der Waals surface area contributed by atoms with Gasteiger partial charge < -0.3 is 9.80 Å². The van der Waals surface area contributed by atoms with E-state index >= 15 is 0 Å². The van der Waals surface area contributed by atoms with E-state index in [0.29, 0.717) is 26.2 Å². The molecule has 0 unspecified atom stereocenters. The van der Waals surface area contributed by atoms with Crippen LogP contribution in [0.5, 0.6) is 0 Å². The second-order valence-electron chi connectivity index (χ2n) is 7.24. The number of amides is 1. The number of benzene rings is 2. The summed E-state index contributed by atoms with van der Waals surface area (Å²) in [6, 6.07) is 9.44. The van der Waals surface area contributed by atoms with Gasteiger partial charge in [-0.3, -0.25) is 19.6 Å². The van der Waals surface area contributed by atoms with Crippen molar-refractivity contribution in [2.24, 2.45) is 7.05 Å². The van der Waals surface area contributed by atoms with E-state index in [1.165, 1.54) is 29.1 Å². The summed E-state index contributed by atoms with van der Waals surface area (Å²) in [7, 11) is 1.63. The van der Waals surface area contributed by atoms with E-state index in [1.807, 2.05) is 4.90 Å². The van der Waals surface area contributed by atoms with Gasteiger partial charge in [-0.1, -0.05) is 0 Å². The van der Waals surface area contributed by atoms with E-state index in [0.717, 1.165) is 17.8 Å². The average molecular weight is 427 g/mol. The number of nitro benzene ring substituents is 1. The maximum atomic E-state index is 14.3. The predicted octanol–water partition coefficient (Wildman–Crippen LogP) is 3.24. The first-order valence-corrected chi connectivity index (χ1v) is 9.61. The Kier molecular flexibility index (Phi) is 5.37. The highest BCUT2D eigenvalue weighted by molar-refractivity contribution is 6.00. The van der Waals surface area contributed by atoms with Gasteiger partial charge in [-0.15, -0.1) is 0 Å². The molecular formula is C21H19F2N5O3. The molecule has 0 spiro atoms. The zero-order chi connectivity index (χ0) is 22.1. The maximum Gasteiger partial charge on any atom is 0.269 e. The van der Waals surface area contributed by atoms with Gasteiger partial charge in [-0.05, 0) is 24.3 Å². The Morgan fingerprint density at radius 3 is 2.35 bits per heavy atom. The molecule has 8 nitrogen and oxygen atoms in total. The summed E-state index contributed by atoms with van der Waals surface area (Å²) in [4.78, 5) is 27.2. The summed E-state index contributed by atoms with van der Waals surface area (Å²) in [5.74, 6) is -1.77. The summed E-state index contributed by atoms with van der Waals surface area (Å²) >= 11 is 0. The Hall–Kier alpha value is -3.82. The minimum atomic E-state index is -0.782. The number of anilines is 1. The normalized spacial score (nSPS) is 14.0. The lowest BCUT2D eigenvalue weighted by atomic mass is 10.1. The summed E-state index contributed by atoms with van der Waals surface area (Å²) in [6.45, 7) is 1.94. The van der Waals surface area contributed by atoms with Gasteiger partial charge in [0.2, 0.25) is 0 Å². The number of aromatic nitrogens is 2. The Bertz CT molecular complexity index is 1140. The number of nitrogens with zero attached hydrogens (tertiary/aromatic N) is 5. The van der Waals surface area contributed by atoms with Crippen molar-refractivity contribution < 1.29 is 18.5 Å². The van der Waals surface area contributed by atoms with E-state index in [4.69, 9.17) is 0 Å². The van der Waals surface area contributed by atoms with Crippen molar-refractivity contribution in [3.05, 3.63) is 76.0 Å². The molecule has 2 heterocycles. The van der Waals surface area contributed by atoms with Crippen LogP contribution in [0.2, 0.25) is 0 Å². The van der Waals surface area contributed by atoms with Crippen molar-refractivity contribution in [2.45, 2.75) is 0 Å². The molecule has 2 aromatic carbocycles. The maximum absolute atomic E-state index is 14.3. The first-order valence-electron chi connectivity index (χ1n) is 9.61. The smallest absolute Gasteiger partial charge is 0.269 e. The molecule has 1 amide bonds. The second-order valence-corrected chi connectivity index (χ2v) is 7.24. The molecule has 3 aromatic rings. The molecule has 31 heavy (non-hydrogen) atoms. The lowest BCUT2D eigenvalue weighted by Gasteiger charge is -2.36. The Labute approximate surface area is 176 Å². The number of hydrogen-bond acceptors (Lipinski definition) is 5. The minimum Gasteiger partial charge on any atom is -0.368 e. The molecule has 1 aliphatic rings. The Morgan fingerprint density at radius 1 is 1.06 bits per heavy atom. The largest absolute Gasteiger partial charge is 0.368 e. The van der Waals surface area contributed by atoms with Gasteiger partial charge in [0.25, 0.3) is 11.6 Å². The summed E-state index contributed by atoms with van der Waals surface area (Å²) in [5.41, 5.74) is 1.34. The van der Waals surface area contributed by atoms with E-state index in [-0.39, 0.29) is 28.4 Å². The molecule has 4 rings (SSSR count). The van der Waals surface area contributed by atoms with Crippen LogP contribution in [-0.4, -0.2) is 51.7 Å². The molecule has 0 radical (unpaired) electrons. The zero-order valence-electron chi connectivity index (χ0n) is 16.7. The van der Waals surface area contributed by atoms with Gasteiger partial charge in [-0.2, -0.15) is 5.10 Å². The highest BCUT2D eigenvalue weighted by Gasteiger charge is 2.27. The van der Waals surface area contributed by atoms with Crippen LogP contribution < -0.4 is 4.90 Å². The number of nitro groups is 1. The van der Waals surface area contributed by atoms with Gasteiger partial charge in [0, 0.05) is 68.9 Å². The number of hydrogen-bond donors (Lipinski definition) is 0. The van der Waals surface area contributed by atoms with Crippen LogP contribution in [0, 0.1) is 21.7 Å². The lowest BCUT2D eigenvalue weighted by molar-refractivity contribution is -0.384. The van der Waals surface area contributed by atoms with Crippen molar-refractivity contribution in [1.82, 2.24) is 14.7 Å². The fraction of sp³-hybridized carbons (Fsp3) is 0.238. The Balaban J connectivity index is 1.50. The molecule has 10 heteroatoms. The first kappa shape index (κ1) is 20.5. The number of aryl methyl sites for hydroxylation is 1. The topological polar surface area (TPSA) is 84.5 Å². The molecule has 1 aromatic heterocycles. The van der Waals surface area contributed by atoms with Crippen LogP contribution in [0.3, 0.4) is 0 Å². The molecule has 160 valence electrons. The molecule has 1 saturated heterocycles. The summed E-state index contributed by atoms with van der Waals surface area (Å²) in [6.07, 6.45) is 1.53. The molecule has 0 N–H and O–H groups in total. The van der Waals surface area contributed by atoms with Crippen molar-refractivity contribution in [1.29, 1.82) is 0 Å². The summed E-state index contributed by atoms with van der Waals surface area (Å²) < 4.78 is 29.0. The van der Waals surface area contributed by atoms with Crippen LogP contribution in [-0.2, 0) is 7.05 Å². The average Bonchev–Trinajstić information content (AvgIpc) is 3.14. The molecule has 0 bridgehead atoms. The number of carbonyl (C=O) groups is 1. The molecule has 1 fully saturated rings. The fourth-order valence-electron chi connectivity index (χ4n) is 3.65. The quantitative estimate of drug-likeness (QED) is 0.472. The van der Waals surface area contributed by atoms with Crippen LogP contribution in [0.15, 0.2) is 48.7 Å². The highest BCUT2D eigenvalue weighted by Crippen LogP contribution is 2.27. The monoisotopic (exact) mass is 427 g/mol. The summed E-state index contributed by atoms with van der Waals surface area (Å²) in [5, 5.41) is 15.0. The van der Waals surface area contributed by atoms with Gasteiger partial charge >= 0.3 is 0 Å². The van der Waals surface area contributed by atoms with Gasteiger partial charge in [-0.25, -0.2) is 8.78 Å². The van der Waals surface area contributed by atoms with E-state index in [1.54, 1.807) is 24.1 Å². The third kappa shape index (κ3) is 4.09. The third-order valence-corrected chi connectivity index (χ3v) is 5.24. The van der Waals surface area contributed by atoms with Crippen LogP contribution in [0.4, 0.5) is 20.2 Å².